The molecular formula is C20H28N2O2. The van der Waals surface area contributed by atoms with Crippen LogP contribution in [0, 0.1) is 0 Å². The predicted molar refractivity (Wildman–Crippen MR) is 99.9 cm³/mol. The van der Waals surface area contributed by atoms with Gasteiger partial charge in [-0.25, -0.2) is 0 Å². The van der Waals surface area contributed by atoms with E-state index in [9.17, 15) is 0 Å². The van der Waals surface area contributed by atoms with Gasteiger partial charge in [0.1, 0.15) is 0 Å². The number of rotatable bonds is 9. The molecule has 0 saturated carbocycles. The van der Waals surface area contributed by atoms with Gasteiger partial charge < -0.3 is 19.7 Å². The maximum absolute atomic E-state index is 5.47. The summed E-state index contributed by atoms with van der Waals surface area (Å²) in [5, 5.41) is 3.53. The Morgan fingerprint density at radius 3 is 2.29 bits per heavy atom. The van der Waals surface area contributed by atoms with Crippen molar-refractivity contribution in [1.29, 1.82) is 0 Å². The molecule has 0 aliphatic carbocycles. The smallest absolute Gasteiger partial charge is 0.161 e. The van der Waals surface area contributed by atoms with Gasteiger partial charge in [0.15, 0.2) is 11.5 Å². The van der Waals surface area contributed by atoms with E-state index in [0.29, 0.717) is 0 Å². The van der Waals surface area contributed by atoms with Gasteiger partial charge in [-0.05, 0) is 42.4 Å². The van der Waals surface area contributed by atoms with Gasteiger partial charge in [-0.2, -0.15) is 0 Å². The molecule has 0 unspecified atom stereocenters. The van der Waals surface area contributed by atoms with E-state index in [4.69, 9.17) is 9.47 Å². The predicted octanol–water partition coefficient (Wildman–Crippen LogP) is 3.41. The molecule has 0 radical (unpaired) electrons. The molecule has 0 aromatic heterocycles. The Bertz CT molecular complexity index is 629. The van der Waals surface area contributed by atoms with Crippen molar-refractivity contribution in [2.75, 3.05) is 40.9 Å². The lowest BCUT2D eigenvalue weighted by molar-refractivity contribution is 0.348. The summed E-state index contributed by atoms with van der Waals surface area (Å²) in [7, 11) is 5.48. The fourth-order valence-electron chi connectivity index (χ4n) is 2.60. The van der Waals surface area contributed by atoms with Gasteiger partial charge in [0, 0.05) is 19.6 Å². The van der Waals surface area contributed by atoms with Crippen LogP contribution < -0.4 is 14.8 Å². The first-order valence-corrected chi connectivity index (χ1v) is 8.39. The summed E-state index contributed by atoms with van der Waals surface area (Å²) in [5.74, 6) is 1.52. The van der Waals surface area contributed by atoms with Crippen molar-refractivity contribution in [3.05, 3.63) is 48.0 Å². The van der Waals surface area contributed by atoms with Crippen molar-refractivity contribution in [3.63, 3.8) is 0 Å². The Balaban J connectivity index is 2.23. The number of likely N-dealkylation sites (N-methyl/N-ethyl adjacent to an activating group) is 1. The van der Waals surface area contributed by atoms with E-state index in [1.165, 1.54) is 16.7 Å². The molecule has 0 bridgehead atoms. The Kier molecular flexibility index (Phi) is 7.09. The molecule has 0 spiro atoms. The van der Waals surface area contributed by atoms with Crippen LogP contribution in [-0.2, 0) is 6.54 Å². The SMILES string of the molecule is CCN(C)CCNCc1cc(OC)c(OC)cc1-c1ccccc1. The van der Waals surface area contributed by atoms with Crippen LogP contribution in [0.4, 0.5) is 0 Å². The number of methoxy groups -OCH3 is 2. The van der Waals surface area contributed by atoms with Crippen LogP contribution in [-0.4, -0.2) is 45.8 Å². The van der Waals surface area contributed by atoms with Crippen LogP contribution in [0.5, 0.6) is 11.5 Å². The van der Waals surface area contributed by atoms with Gasteiger partial charge in [-0.1, -0.05) is 37.3 Å². The molecule has 0 aliphatic rings. The van der Waals surface area contributed by atoms with Crippen molar-refractivity contribution in [2.45, 2.75) is 13.5 Å². The largest absolute Gasteiger partial charge is 0.493 e. The molecule has 0 aliphatic heterocycles. The zero-order valence-corrected chi connectivity index (χ0v) is 15.1. The second-order valence-corrected chi connectivity index (χ2v) is 5.80. The van der Waals surface area contributed by atoms with E-state index in [1.807, 2.05) is 6.07 Å². The lowest BCUT2D eigenvalue weighted by atomic mass is 9.98. The van der Waals surface area contributed by atoms with E-state index in [-0.39, 0.29) is 0 Å². The average molecular weight is 328 g/mol. The monoisotopic (exact) mass is 328 g/mol. The summed E-state index contributed by atoms with van der Waals surface area (Å²) in [4.78, 5) is 2.29. The lowest BCUT2D eigenvalue weighted by Gasteiger charge is -2.17. The van der Waals surface area contributed by atoms with Gasteiger partial charge in [-0.3, -0.25) is 0 Å². The molecule has 130 valence electrons. The molecule has 0 amide bonds. The first-order valence-electron chi connectivity index (χ1n) is 8.39. The lowest BCUT2D eigenvalue weighted by Crippen LogP contribution is -2.28. The van der Waals surface area contributed by atoms with Crippen LogP contribution in [0.2, 0.25) is 0 Å². The molecular weight excluding hydrogens is 300 g/mol. The van der Waals surface area contributed by atoms with E-state index >= 15 is 0 Å². The zero-order valence-electron chi connectivity index (χ0n) is 15.1. The van der Waals surface area contributed by atoms with Crippen LogP contribution in [0.15, 0.2) is 42.5 Å². The highest BCUT2D eigenvalue weighted by Gasteiger charge is 2.12. The Labute approximate surface area is 145 Å². The van der Waals surface area contributed by atoms with E-state index in [1.54, 1.807) is 14.2 Å². The van der Waals surface area contributed by atoms with Crippen molar-refractivity contribution in [3.8, 4) is 22.6 Å². The van der Waals surface area contributed by atoms with Crippen molar-refractivity contribution >= 4 is 0 Å². The summed E-state index contributed by atoms with van der Waals surface area (Å²) >= 11 is 0. The fraction of sp³-hybridized carbons (Fsp3) is 0.400. The molecule has 4 nitrogen and oxygen atoms in total. The first-order chi connectivity index (χ1) is 11.7. The topological polar surface area (TPSA) is 33.7 Å². The minimum Gasteiger partial charge on any atom is -0.493 e. The van der Waals surface area contributed by atoms with Crippen LogP contribution >= 0.6 is 0 Å². The third-order valence-corrected chi connectivity index (χ3v) is 4.22. The molecule has 1 N–H and O–H groups in total. The van der Waals surface area contributed by atoms with E-state index in [0.717, 1.165) is 37.7 Å². The minimum absolute atomic E-state index is 0.755. The number of hydrogen-bond acceptors (Lipinski definition) is 4. The van der Waals surface area contributed by atoms with Crippen LogP contribution in [0.1, 0.15) is 12.5 Å². The molecule has 24 heavy (non-hydrogen) atoms. The van der Waals surface area contributed by atoms with Crippen molar-refractivity contribution < 1.29 is 9.47 Å². The maximum Gasteiger partial charge on any atom is 0.161 e. The quantitative estimate of drug-likeness (QED) is 0.715. The number of hydrogen-bond donors (Lipinski definition) is 1. The number of benzene rings is 2. The number of ether oxygens (including phenoxy) is 2. The average Bonchev–Trinajstić information content (AvgIpc) is 2.64. The van der Waals surface area contributed by atoms with E-state index in [2.05, 4.69) is 60.6 Å². The summed E-state index contributed by atoms with van der Waals surface area (Å²) in [6.45, 7) is 6.01. The molecule has 0 saturated heterocycles. The summed E-state index contributed by atoms with van der Waals surface area (Å²) < 4.78 is 10.9. The van der Waals surface area contributed by atoms with Gasteiger partial charge >= 0.3 is 0 Å². The molecule has 2 aromatic rings. The minimum atomic E-state index is 0.755. The third-order valence-electron chi connectivity index (χ3n) is 4.22. The van der Waals surface area contributed by atoms with E-state index < -0.39 is 0 Å². The molecule has 2 aromatic carbocycles. The molecule has 0 fully saturated rings. The highest BCUT2D eigenvalue weighted by atomic mass is 16.5. The molecule has 2 rings (SSSR count). The first kappa shape index (κ1) is 18.3. The molecule has 0 heterocycles. The standard InChI is InChI=1S/C20H28N2O2/c1-5-22(2)12-11-21-15-17-13-19(23-3)20(24-4)14-18(17)16-9-7-6-8-10-16/h6-10,13-14,21H,5,11-12,15H2,1-4H3. The molecule has 4 heteroatoms. The summed E-state index contributed by atoms with van der Waals surface area (Å²) in [6, 6.07) is 14.5. The number of nitrogens with one attached hydrogen (secondary N) is 1. The third kappa shape index (κ3) is 4.73. The zero-order chi connectivity index (χ0) is 17.4. The Morgan fingerprint density at radius 2 is 1.67 bits per heavy atom. The van der Waals surface area contributed by atoms with Gasteiger partial charge in [0.2, 0.25) is 0 Å². The van der Waals surface area contributed by atoms with Crippen molar-refractivity contribution in [1.82, 2.24) is 10.2 Å². The van der Waals surface area contributed by atoms with Gasteiger partial charge in [-0.15, -0.1) is 0 Å². The highest BCUT2D eigenvalue weighted by Crippen LogP contribution is 2.35. The number of nitrogens with zero attached hydrogens (tertiary/aromatic N) is 1. The van der Waals surface area contributed by atoms with Crippen LogP contribution in [0.25, 0.3) is 11.1 Å². The highest BCUT2D eigenvalue weighted by molar-refractivity contribution is 5.71. The Hall–Kier alpha value is -2.04. The second-order valence-electron chi connectivity index (χ2n) is 5.80. The molecule has 0 atom stereocenters. The van der Waals surface area contributed by atoms with Crippen molar-refractivity contribution in [2.24, 2.45) is 0 Å². The van der Waals surface area contributed by atoms with Gasteiger partial charge in [0.05, 0.1) is 14.2 Å². The fourth-order valence-corrected chi connectivity index (χ4v) is 2.60. The van der Waals surface area contributed by atoms with Crippen LogP contribution in [0.3, 0.4) is 0 Å². The van der Waals surface area contributed by atoms with Gasteiger partial charge in [0.25, 0.3) is 0 Å². The Morgan fingerprint density at radius 1 is 1.00 bits per heavy atom. The summed E-state index contributed by atoms with van der Waals surface area (Å²) in [6.07, 6.45) is 0. The summed E-state index contributed by atoms with van der Waals surface area (Å²) in [5.41, 5.74) is 3.56. The second kappa shape index (κ2) is 9.30. The maximum atomic E-state index is 5.47. The normalized spacial score (nSPS) is 10.9.